The first kappa shape index (κ1) is 18.8. The fourth-order valence-electron chi connectivity index (χ4n) is 2.53. The number of hydrogen-bond donors (Lipinski definition) is 1. The van der Waals surface area contributed by atoms with E-state index in [9.17, 15) is 14.4 Å². The van der Waals surface area contributed by atoms with E-state index in [0.717, 1.165) is 4.47 Å². The maximum atomic E-state index is 12.2. The summed E-state index contributed by atoms with van der Waals surface area (Å²) in [6.07, 6.45) is 0. The average Bonchev–Trinajstić information content (AvgIpc) is 2.65. The molecule has 0 fully saturated rings. The fourth-order valence-corrected chi connectivity index (χ4v) is 2.87. The smallest absolute Gasteiger partial charge is 0.336 e. The van der Waals surface area contributed by atoms with Gasteiger partial charge in [0.25, 0.3) is 5.91 Å². The Morgan fingerprint density at radius 1 is 1.15 bits per heavy atom. The van der Waals surface area contributed by atoms with E-state index in [0.29, 0.717) is 22.1 Å². The second-order valence-corrected chi connectivity index (χ2v) is 6.82. The zero-order valence-electron chi connectivity index (χ0n) is 14.4. The number of ether oxygens (including phenoxy) is 1. The highest BCUT2D eigenvalue weighted by Gasteiger charge is 2.18. The maximum absolute atomic E-state index is 12.2. The Bertz CT molecular complexity index is 1050. The third-order valence-electron chi connectivity index (χ3n) is 3.90. The predicted molar refractivity (Wildman–Crippen MR) is 103 cm³/mol. The summed E-state index contributed by atoms with van der Waals surface area (Å²) in [5.41, 5.74) is 0.850. The quantitative estimate of drug-likeness (QED) is 0.495. The summed E-state index contributed by atoms with van der Waals surface area (Å²) in [5.74, 6) is -0.964. The van der Waals surface area contributed by atoms with Gasteiger partial charge >= 0.3 is 11.6 Å². The molecule has 7 heteroatoms. The van der Waals surface area contributed by atoms with Crippen molar-refractivity contribution in [3.05, 3.63) is 80.6 Å². The molecule has 3 rings (SSSR count). The van der Waals surface area contributed by atoms with Gasteiger partial charge in [0.2, 0.25) is 0 Å². The van der Waals surface area contributed by atoms with Crippen molar-refractivity contribution in [3.63, 3.8) is 0 Å². The number of benzene rings is 2. The van der Waals surface area contributed by atoms with Gasteiger partial charge < -0.3 is 14.5 Å². The molecule has 0 aliphatic carbocycles. The second kappa shape index (κ2) is 8.18. The van der Waals surface area contributed by atoms with E-state index in [2.05, 4.69) is 21.2 Å². The van der Waals surface area contributed by atoms with Crippen molar-refractivity contribution in [2.75, 3.05) is 0 Å². The maximum Gasteiger partial charge on any atom is 0.336 e. The molecule has 3 aromatic rings. The van der Waals surface area contributed by atoms with Gasteiger partial charge in [0.1, 0.15) is 18.2 Å². The fraction of sp³-hybridized carbons (Fsp3) is 0.150. The molecule has 138 valence electrons. The summed E-state index contributed by atoms with van der Waals surface area (Å²) in [4.78, 5) is 36.0. The van der Waals surface area contributed by atoms with Gasteiger partial charge in [0.05, 0.1) is 0 Å². The number of carbonyl (C=O) groups is 2. The second-order valence-electron chi connectivity index (χ2n) is 5.90. The minimum atomic E-state index is -0.835. The van der Waals surface area contributed by atoms with Gasteiger partial charge in [-0.15, -0.1) is 0 Å². The van der Waals surface area contributed by atoms with Crippen molar-refractivity contribution in [1.82, 2.24) is 5.32 Å². The largest absolute Gasteiger partial charge is 0.459 e. The van der Waals surface area contributed by atoms with Gasteiger partial charge in [-0.1, -0.05) is 34.1 Å². The minimum absolute atomic E-state index is 0.103. The summed E-state index contributed by atoms with van der Waals surface area (Å²) >= 11 is 3.32. The molecule has 1 atom stereocenters. The molecule has 0 aliphatic heterocycles. The predicted octanol–water partition coefficient (Wildman–Crippen LogP) is 3.42. The SMILES string of the molecule is C[C@H](NC(=O)c1ccccc1)C(=O)OCc1cc(=O)oc2cc(Br)ccc12. The van der Waals surface area contributed by atoms with Gasteiger partial charge in [-0.05, 0) is 37.3 Å². The normalized spacial score (nSPS) is 11.8. The number of rotatable bonds is 5. The highest BCUT2D eigenvalue weighted by Crippen LogP contribution is 2.22. The van der Waals surface area contributed by atoms with Crippen molar-refractivity contribution in [2.24, 2.45) is 0 Å². The van der Waals surface area contributed by atoms with Crippen LogP contribution in [0.1, 0.15) is 22.8 Å². The molecule has 0 saturated carbocycles. The third kappa shape index (κ3) is 4.62. The highest BCUT2D eigenvalue weighted by molar-refractivity contribution is 9.10. The van der Waals surface area contributed by atoms with Crippen LogP contribution in [0.4, 0.5) is 0 Å². The van der Waals surface area contributed by atoms with E-state index in [1.54, 1.807) is 48.5 Å². The Morgan fingerprint density at radius 3 is 2.63 bits per heavy atom. The van der Waals surface area contributed by atoms with Crippen LogP contribution >= 0.6 is 15.9 Å². The first-order valence-electron chi connectivity index (χ1n) is 8.19. The zero-order valence-corrected chi connectivity index (χ0v) is 16.0. The van der Waals surface area contributed by atoms with Gasteiger partial charge in [-0.25, -0.2) is 9.59 Å². The lowest BCUT2D eigenvalue weighted by atomic mass is 10.1. The standard InChI is InChI=1S/C20H16BrNO5/c1-12(22-19(24)13-5-3-2-4-6-13)20(25)26-11-14-9-18(23)27-17-10-15(21)7-8-16(14)17/h2-10,12H,11H2,1H3,(H,22,24)/t12-/m0/s1. The molecule has 0 aliphatic rings. The van der Waals surface area contributed by atoms with Gasteiger partial charge in [-0.2, -0.15) is 0 Å². The van der Waals surface area contributed by atoms with Gasteiger partial charge in [0.15, 0.2) is 0 Å². The van der Waals surface area contributed by atoms with Crippen LogP contribution in [0.15, 0.2) is 68.3 Å². The molecule has 6 nitrogen and oxygen atoms in total. The number of halogens is 1. The lowest BCUT2D eigenvalue weighted by molar-refractivity contribution is -0.146. The van der Waals surface area contributed by atoms with Crippen LogP contribution in [-0.4, -0.2) is 17.9 Å². The van der Waals surface area contributed by atoms with Crippen LogP contribution in [0.25, 0.3) is 11.0 Å². The zero-order chi connectivity index (χ0) is 19.4. The van der Waals surface area contributed by atoms with E-state index in [1.807, 2.05) is 0 Å². The van der Waals surface area contributed by atoms with Gasteiger partial charge in [-0.3, -0.25) is 4.79 Å². The van der Waals surface area contributed by atoms with Crippen LogP contribution in [0, 0.1) is 0 Å². The summed E-state index contributed by atoms with van der Waals surface area (Å²) < 4.78 is 11.2. The molecule has 0 spiro atoms. The van der Waals surface area contributed by atoms with Gasteiger partial charge in [0, 0.05) is 27.1 Å². The highest BCUT2D eigenvalue weighted by atomic mass is 79.9. The van der Waals surface area contributed by atoms with Crippen LogP contribution in [0.5, 0.6) is 0 Å². The summed E-state index contributed by atoms with van der Waals surface area (Å²) in [6, 6.07) is 14.3. The first-order chi connectivity index (χ1) is 12.9. The van der Waals surface area contributed by atoms with E-state index in [4.69, 9.17) is 9.15 Å². The molecule has 0 radical (unpaired) electrons. The van der Waals surface area contributed by atoms with Crippen molar-refractivity contribution < 1.29 is 18.7 Å². The van der Waals surface area contributed by atoms with Crippen molar-refractivity contribution in [2.45, 2.75) is 19.6 Å². The summed E-state index contributed by atoms with van der Waals surface area (Å²) in [7, 11) is 0. The van der Waals surface area contributed by atoms with E-state index >= 15 is 0 Å². The van der Waals surface area contributed by atoms with E-state index in [1.165, 1.54) is 13.0 Å². The molecule has 27 heavy (non-hydrogen) atoms. The Labute approximate surface area is 163 Å². The summed E-state index contributed by atoms with van der Waals surface area (Å²) in [5, 5.41) is 3.26. The number of amides is 1. The van der Waals surface area contributed by atoms with Crippen molar-refractivity contribution in [1.29, 1.82) is 0 Å². The third-order valence-corrected chi connectivity index (χ3v) is 4.39. The molecule has 1 aromatic heterocycles. The molecule has 2 aromatic carbocycles. The van der Waals surface area contributed by atoms with E-state index < -0.39 is 17.6 Å². The van der Waals surface area contributed by atoms with Crippen LogP contribution in [-0.2, 0) is 16.1 Å². The molecule has 1 N–H and O–H groups in total. The molecule has 1 amide bonds. The van der Waals surface area contributed by atoms with E-state index in [-0.39, 0.29) is 12.5 Å². The number of nitrogens with one attached hydrogen (secondary N) is 1. The Kier molecular flexibility index (Phi) is 5.71. The molecular weight excluding hydrogens is 414 g/mol. The first-order valence-corrected chi connectivity index (χ1v) is 8.98. The number of hydrogen-bond acceptors (Lipinski definition) is 5. The molecule has 0 saturated heterocycles. The topological polar surface area (TPSA) is 85.6 Å². The van der Waals surface area contributed by atoms with Crippen LogP contribution in [0.2, 0.25) is 0 Å². The van der Waals surface area contributed by atoms with Crippen molar-refractivity contribution >= 4 is 38.8 Å². The lowest BCUT2D eigenvalue weighted by Gasteiger charge is -2.14. The number of esters is 1. The Morgan fingerprint density at radius 2 is 1.89 bits per heavy atom. The van der Waals surface area contributed by atoms with Crippen molar-refractivity contribution in [3.8, 4) is 0 Å². The molecular formula is C20H16BrNO5. The molecule has 0 unspecified atom stereocenters. The molecule has 0 bridgehead atoms. The Hall–Kier alpha value is -2.93. The Balaban J connectivity index is 1.68. The average molecular weight is 430 g/mol. The summed E-state index contributed by atoms with van der Waals surface area (Å²) in [6.45, 7) is 1.44. The monoisotopic (exact) mass is 429 g/mol. The molecule has 1 heterocycles. The number of carbonyl (C=O) groups excluding carboxylic acids is 2. The van der Waals surface area contributed by atoms with Crippen LogP contribution < -0.4 is 10.9 Å². The number of fused-ring (bicyclic) bond motifs is 1. The lowest BCUT2D eigenvalue weighted by Crippen LogP contribution is -2.39. The minimum Gasteiger partial charge on any atom is -0.459 e. The van der Waals surface area contributed by atoms with Crippen LogP contribution in [0.3, 0.4) is 0 Å².